The van der Waals surface area contributed by atoms with Gasteiger partial charge in [0.25, 0.3) is 5.91 Å². The monoisotopic (exact) mass is 299 g/mol. The maximum atomic E-state index is 11.3. The summed E-state index contributed by atoms with van der Waals surface area (Å²) < 4.78 is 6.07. The molecule has 0 aliphatic heterocycles. The quantitative estimate of drug-likeness (QED) is 0.785. The van der Waals surface area contributed by atoms with Gasteiger partial charge in [0.15, 0.2) is 6.61 Å². The minimum Gasteiger partial charge on any atom is -0.482 e. The Morgan fingerprint density at radius 3 is 3.00 bits per heavy atom. The fourth-order valence-electron chi connectivity index (χ4n) is 1.21. The molecule has 0 fully saturated rings. The number of ether oxygens (including phenoxy) is 1. The van der Waals surface area contributed by atoms with Crippen molar-refractivity contribution in [1.82, 2.24) is 5.32 Å². The van der Waals surface area contributed by atoms with Crippen LogP contribution in [0.1, 0.15) is 5.56 Å². The zero-order valence-electron chi connectivity index (χ0n) is 9.28. The van der Waals surface area contributed by atoms with Gasteiger partial charge in [-0.3, -0.25) is 4.79 Å². The van der Waals surface area contributed by atoms with Crippen molar-refractivity contribution in [2.75, 3.05) is 13.2 Å². The van der Waals surface area contributed by atoms with Crippen molar-refractivity contribution in [2.45, 2.75) is 6.61 Å². The summed E-state index contributed by atoms with van der Waals surface area (Å²) in [5.41, 5.74) is 0.635. The second-order valence-electron chi connectivity index (χ2n) is 3.27. The number of rotatable bonds is 6. The molecule has 0 aliphatic carbocycles. The van der Waals surface area contributed by atoms with E-state index in [0.29, 0.717) is 22.3 Å². The van der Waals surface area contributed by atoms with Crippen LogP contribution in [0.2, 0.25) is 0 Å². The van der Waals surface area contributed by atoms with Crippen molar-refractivity contribution in [3.63, 3.8) is 0 Å². The Hall–Kier alpha value is -1.33. The number of amides is 1. The third kappa shape index (κ3) is 4.20. The summed E-state index contributed by atoms with van der Waals surface area (Å²) in [5, 5.41) is 11.7. The van der Waals surface area contributed by atoms with E-state index in [4.69, 9.17) is 9.84 Å². The van der Waals surface area contributed by atoms with Crippen LogP contribution in [-0.2, 0) is 11.4 Å². The van der Waals surface area contributed by atoms with Crippen LogP contribution in [0.5, 0.6) is 5.75 Å². The van der Waals surface area contributed by atoms with Gasteiger partial charge in [0.05, 0.1) is 11.1 Å². The summed E-state index contributed by atoms with van der Waals surface area (Å²) in [6.45, 7) is 3.67. The lowest BCUT2D eigenvalue weighted by atomic mass is 10.2. The summed E-state index contributed by atoms with van der Waals surface area (Å²) in [4.78, 5) is 11.3. The van der Waals surface area contributed by atoms with Crippen molar-refractivity contribution in [1.29, 1.82) is 0 Å². The normalized spacial score (nSPS) is 9.76. The fourth-order valence-corrected chi connectivity index (χ4v) is 1.74. The fraction of sp³-hybridized carbons (Fsp3) is 0.250. The molecule has 0 aliphatic rings. The Kier molecular flexibility index (Phi) is 5.72. The lowest BCUT2D eigenvalue weighted by Crippen LogP contribution is -2.29. The minimum absolute atomic E-state index is 0.0938. The molecule has 0 saturated carbocycles. The predicted molar refractivity (Wildman–Crippen MR) is 68.8 cm³/mol. The standard InChI is InChI=1S/C12H14BrNO3/c1-2-6-14-11(16)8-17-12-9(7-15)4-3-5-10(12)13/h2-5,15H,1,6-8H2,(H,14,16). The maximum absolute atomic E-state index is 11.3. The van der Waals surface area contributed by atoms with E-state index in [0.717, 1.165) is 0 Å². The van der Waals surface area contributed by atoms with E-state index in [9.17, 15) is 4.79 Å². The largest absolute Gasteiger partial charge is 0.482 e. The van der Waals surface area contributed by atoms with Crippen LogP contribution >= 0.6 is 15.9 Å². The Labute approximate surface area is 108 Å². The smallest absolute Gasteiger partial charge is 0.258 e. The molecule has 17 heavy (non-hydrogen) atoms. The van der Waals surface area contributed by atoms with Gasteiger partial charge in [-0.1, -0.05) is 18.2 Å². The number of carbonyl (C=O) groups excluding carboxylic acids is 1. The predicted octanol–water partition coefficient (Wildman–Crippen LogP) is 1.62. The maximum Gasteiger partial charge on any atom is 0.258 e. The third-order valence-corrected chi connectivity index (χ3v) is 2.63. The molecular weight excluding hydrogens is 286 g/mol. The summed E-state index contributed by atoms with van der Waals surface area (Å²) in [6, 6.07) is 5.32. The van der Waals surface area contributed by atoms with Crippen LogP contribution in [-0.4, -0.2) is 24.2 Å². The first kappa shape index (κ1) is 13.7. The second-order valence-corrected chi connectivity index (χ2v) is 4.12. The Morgan fingerprint density at radius 2 is 2.35 bits per heavy atom. The molecule has 0 atom stereocenters. The van der Waals surface area contributed by atoms with Crippen LogP contribution in [0.25, 0.3) is 0 Å². The Morgan fingerprint density at radius 1 is 1.59 bits per heavy atom. The molecule has 0 radical (unpaired) electrons. The number of benzene rings is 1. The summed E-state index contributed by atoms with van der Waals surface area (Å²) >= 11 is 3.31. The van der Waals surface area contributed by atoms with Crippen LogP contribution in [0.15, 0.2) is 35.3 Å². The summed E-state index contributed by atoms with van der Waals surface area (Å²) in [6.07, 6.45) is 1.59. The van der Waals surface area contributed by atoms with Crippen molar-refractivity contribution >= 4 is 21.8 Å². The van der Waals surface area contributed by atoms with Gasteiger partial charge in [0.2, 0.25) is 0 Å². The average Bonchev–Trinajstić information content (AvgIpc) is 2.34. The number of nitrogens with one attached hydrogen (secondary N) is 1. The molecule has 0 heterocycles. The molecule has 1 amide bonds. The molecule has 5 heteroatoms. The SMILES string of the molecule is C=CCNC(=O)COc1c(Br)cccc1CO. The van der Waals surface area contributed by atoms with Gasteiger partial charge < -0.3 is 15.2 Å². The highest BCUT2D eigenvalue weighted by atomic mass is 79.9. The zero-order chi connectivity index (χ0) is 12.7. The first-order valence-electron chi connectivity index (χ1n) is 5.07. The van der Waals surface area contributed by atoms with E-state index >= 15 is 0 Å². The number of hydrogen-bond donors (Lipinski definition) is 2. The highest BCUT2D eigenvalue weighted by Gasteiger charge is 2.09. The number of hydrogen-bond acceptors (Lipinski definition) is 3. The lowest BCUT2D eigenvalue weighted by Gasteiger charge is -2.11. The number of carbonyl (C=O) groups is 1. The van der Waals surface area contributed by atoms with Gasteiger partial charge in [-0.05, 0) is 22.0 Å². The number of halogens is 1. The van der Waals surface area contributed by atoms with Crippen molar-refractivity contribution in [2.24, 2.45) is 0 Å². The van der Waals surface area contributed by atoms with Gasteiger partial charge in [-0.2, -0.15) is 0 Å². The number of aliphatic hydroxyl groups excluding tert-OH is 1. The molecular formula is C12H14BrNO3. The minimum atomic E-state index is -0.232. The Bertz CT molecular complexity index is 407. The van der Waals surface area contributed by atoms with E-state index < -0.39 is 0 Å². The van der Waals surface area contributed by atoms with E-state index in [1.165, 1.54) is 0 Å². The molecule has 1 aromatic carbocycles. The van der Waals surface area contributed by atoms with E-state index in [2.05, 4.69) is 27.8 Å². The first-order valence-corrected chi connectivity index (χ1v) is 5.87. The van der Waals surface area contributed by atoms with E-state index in [1.54, 1.807) is 24.3 Å². The Balaban J connectivity index is 2.62. The molecule has 1 rings (SSSR count). The lowest BCUT2D eigenvalue weighted by molar-refractivity contribution is -0.122. The molecule has 1 aromatic rings. The van der Waals surface area contributed by atoms with Gasteiger partial charge >= 0.3 is 0 Å². The van der Waals surface area contributed by atoms with Crippen LogP contribution in [0, 0.1) is 0 Å². The molecule has 4 nitrogen and oxygen atoms in total. The number of para-hydroxylation sites is 1. The van der Waals surface area contributed by atoms with Crippen molar-refractivity contribution in [3.05, 3.63) is 40.9 Å². The number of aliphatic hydroxyl groups is 1. The molecule has 0 spiro atoms. The highest BCUT2D eigenvalue weighted by molar-refractivity contribution is 9.10. The molecule has 0 saturated heterocycles. The van der Waals surface area contributed by atoms with E-state index in [1.807, 2.05) is 0 Å². The second kappa shape index (κ2) is 7.09. The van der Waals surface area contributed by atoms with Crippen molar-refractivity contribution < 1.29 is 14.6 Å². The molecule has 92 valence electrons. The topological polar surface area (TPSA) is 58.6 Å². The van der Waals surface area contributed by atoms with E-state index in [-0.39, 0.29) is 19.1 Å². The first-order chi connectivity index (χ1) is 8.19. The van der Waals surface area contributed by atoms with Gasteiger partial charge in [0.1, 0.15) is 5.75 Å². The molecule has 0 unspecified atom stereocenters. The molecule has 0 aromatic heterocycles. The summed E-state index contributed by atoms with van der Waals surface area (Å²) in [5.74, 6) is 0.258. The average molecular weight is 300 g/mol. The van der Waals surface area contributed by atoms with Crippen LogP contribution in [0.3, 0.4) is 0 Å². The van der Waals surface area contributed by atoms with Gasteiger partial charge in [0, 0.05) is 12.1 Å². The van der Waals surface area contributed by atoms with Crippen molar-refractivity contribution in [3.8, 4) is 5.75 Å². The molecule has 0 bridgehead atoms. The third-order valence-electron chi connectivity index (χ3n) is 2.01. The van der Waals surface area contributed by atoms with Crippen LogP contribution in [0.4, 0.5) is 0 Å². The van der Waals surface area contributed by atoms with Gasteiger partial charge in [-0.25, -0.2) is 0 Å². The highest BCUT2D eigenvalue weighted by Crippen LogP contribution is 2.28. The van der Waals surface area contributed by atoms with Crippen LogP contribution < -0.4 is 10.1 Å². The zero-order valence-corrected chi connectivity index (χ0v) is 10.9. The van der Waals surface area contributed by atoms with Gasteiger partial charge in [-0.15, -0.1) is 6.58 Å². The summed E-state index contributed by atoms with van der Waals surface area (Å²) in [7, 11) is 0. The molecule has 2 N–H and O–H groups in total.